The Morgan fingerprint density at radius 1 is 1.27 bits per heavy atom. The highest BCUT2D eigenvalue weighted by Crippen LogP contribution is 2.23. The van der Waals surface area contributed by atoms with Gasteiger partial charge in [0.2, 0.25) is 11.4 Å². The summed E-state index contributed by atoms with van der Waals surface area (Å²) in [5, 5.41) is 38.1. The Bertz CT molecular complexity index is 185. The van der Waals surface area contributed by atoms with Crippen LogP contribution in [-0.2, 0) is 0 Å². The molecule has 0 saturated heterocycles. The third-order valence-corrected chi connectivity index (χ3v) is 1.69. The van der Waals surface area contributed by atoms with E-state index in [1.807, 2.05) is 0 Å². The van der Waals surface area contributed by atoms with Crippen molar-refractivity contribution in [3.63, 3.8) is 0 Å². The molecule has 0 fully saturated rings. The Kier molecular flexibility index (Phi) is 1.85. The van der Waals surface area contributed by atoms with Crippen LogP contribution in [0, 0.1) is 0 Å². The van der Waals surface area contributed by atoms with Gasteiger partial charge in [-0.15, -0.1) is 0 Å². The van der Waals surface area contributed by atoms with Crippen LogP contribution in [0.3, 0.4) is 0 Å². The fourth-order valence-electron chi connectivity index (χ4n) is 0.812. The molecule has 11 heavy (non-hydrogen) atoms. The van der Waals surface area contributed by atoms with Crippen LogP contribution in [-0.4, -0.2) is 51.4 Å². The van der Waals surface area contributed by atoms with Crippen molar-refractivity contribution < 1.29 is 20.4 Å². The number of rotatable bonds is 2. The SMILES string of the molecule is OCC1(O)N=CNC1(O)CO. The average Bonchev–Trinajstić information content (AvgIpc) is 2.31. The molecule has 2 atom stereocenters. The van der Waals surface area contributed by atoms with Crippen molar-refractivity contribution in [1.29, 1.82) is 0 Å². The van der Waals surface area contributed by atoms with Gasteiger partial charge in [-0.1, -0.05) is 0 Å². The molecule has 1 aliphatic rings. The van der Waals surface area contributed by atoms with Crippen LogP contribution in [0.4, 0.5) is 0 Å². The highest BCUT2D eigenvalue weighted by atomic mass is 16.4. The second kappa shape index (κ2) is 2.42. The van der Waals surface area contributed by atoms with Crippen molar-refractivity contribution in [2.45, 2.75) is 11.4 Å². The average molecular weight is 162 g/mol. The van der Waals surface area contributed by atoms with Crippen LogP contribution in [0.15, 0.2) is 4.99 Å². The number of aliphatic imine (C=N–C) groups is 1. The van der Waals surface area contributed by atoms with E-state index in [-0.39, 0.29) is 0 Å². The first-order chi connectivity index (χ1) is 5.08. The minimum atomic E-state index is -2.04. The summed E-state index contributed by atoms with van der Waals surface area (Å²) >= 11 is 0. The van der Waals surface area contributed by atoms with E-state index in [2.05, 4.69) is 10.3 Å². The topological polar surface area (TPSA) is 105 Å². The maximum absolute atomic E-state index is 9.32. The van der Waals surface area contributed by atoms with E-state index < -0.39 is 24.7 Å². The van der Waals surface area contributed by atoms with Gasteiger partial charge in [0.15, 0.2) is 0 Å². The summed E-state index contributed by atoms with van der Waals surface area (Å²) in [5.41, 5.74) is -4.01. The Morgan fingerprint density at radius 3 is 2.27 bits per heavy atom. The van der Waals surface area contributed by atoms with E-state index in [9.17, 15) is 10.2 Å². The van der Waals surface area contributed by atoms with Gasteiger partial charge in [0, 0.05) is 0 Å². The molecule has 5 N–H and O–H groups in total. The zero-order valence-corrected chi connectivity index (χ0v) is 5.73. The number of hydrogen-bond donors (Lipinski definition) is 5. The molecule has 1 rings (SSSR count). The molecule has 0 amide bonds. The van der Waals surface area contributed by atoms with E-state index in [1.165, 1.54) is 0 Å². The molecular weight excluding hydrogens is 152 g/mol. The van der Waals surface area contributed by atoms with Crippen molar-refractivity contribution >= 4 is 6.34 Å². The van der Waals surface area contributed by atoms with Crippen molar-refractivity contribution in [2.75, 3.05) is 13.2 Å². The summed E-state index contributed by atoms with van der Waals surface area (Å²) in [6.45, 7) is -1.49. The van der Waals surface area contributed by atoms with Crippen LogP contribution in [0.1, 0.15) is 0 Å². The Hall–Kier alpha value is -0.690. The molecule has 1 aliphatic heterocycles. The highest BCUT2D eigenvalue weighted by Gasteiger charge is 2.51. The second-order valence-corrected chi connectivity index (χ2v) is 2.40. The van der Waals surface area contributed by atoms with Gasteiger partial charge in [-0.3, -0.25) is 0 Å². The lowest BCUT2D eigenvalue weighted by Gasteiger charge is -2.32. The molecular formula is C5H10N2O4. The standard InChI is InChI=1S/C5H10N2O4/c8-1-4(10)5(11,2-9)7-3-6-4/h3,8-11H,1-2H2,(H,6,7). The first-order valence-corrected chi connectivity index (χ1v) is 3.06. The Balaban J connectivity index is 2.86. The summed E-state index contributed by atoms with van der Waals surface area (Å²) in [5.74, 6) is 0. The van der Waals surface area contributed by atoms with Crippen LogP contribution in [0.5, 0.6) is 0 Å². The third-order valence-electron chi connectivity index (χ3n) is 1.69. The molecule has 0 aliphatic carbocycles. The van der Waals surface area contributed by atoms with E-state index >= 15 is 0 Å². The van der Waals surface area contributed by atoms with Crippen LogP contribution >= 0.6 is 0 Å². The van der Waals surface area contributed by atoms with E-state index in [4.69, 9.17) is 10.2 Å². The van der Waals surface area contributed by atoms with Gasteiger partial charge in [-0.25, -0.2) is 4.99 Å². The lowest BCUT2D eigenvalue weighted by molar-refractivity contribution is -0.182. The molecule has 0 saturated carbocycles. The summed E-state index contributed by atoms with van der Waals surface area (Å²) in [6.07, 6.45) is 1.03. The minimum absolute atomic E-state index is 0.732. The molecule has 2 unspecified atom stereocenters. The fourth-order valence-corrected chi connectivity index (χ4v) is 0.812. The monoisotopic (exact) mass is 162 g/mol. The molecule has 6 heteroatoms. The number of aliphatic hydroxyl groups is 4. The van der Waals surface area contributed by atoms with Crippen molar-refractivity contribution in [3.05, 3.63) is 0 Å². The first kappa shape index (κ1) is 8.41. The number of aliphatic hydroxyl groups excluding tert-OH is 2. The number of hydrogen-bond acceptors (Lipinski definition) is 6. The van der Waals surface area contributed by atoms with E-state index in [0.717, 1.165) is 6.34 Å². The first-order valence-electron chi connectivity index (χ1n) is 3.06. The van der Waals surface area contributed by atoms with Gasteiger partial charge >= 0.3 is 0 Å². The molecule has 0 aromatic rings. The molecule has 0 aromatic heterocycles. The molecule has 1 heterocycles. The lowest BCUT2D eigenvalue weighted by Crippen LogP contribution is -2.61. The Morgan fingerprint density at radius 2 is 1.91 bits per heavy atom. The lowest BCUT2D eigenvalue weighted by atomic mass is 10.0. The summed E-state index contributed by atoms with van der Waals surface area (Å²) in [4.78, 5) is 3.37. The smallest absolute Gasteiger partial charge is 0.231 e. The third kappa shape index (κ3) is 1.000. The van der Waals surface area contributed by atoms with Gasteiger partial charge in [0.05, 0.1) is 19.6 Å². The second-order valence-electron chi connectivity index (χ2n) is 2.40. The molecule has 0 bridgehead atoms. The summed E-state index contributed by atoms with van der Waals surface area (Å²) < 4.78 is 0. The maximum atomic E-state index is 9.32. The highest BCUT2D eigenvalue weighted by molar-refractivity contribution is 5.60. The van der Waals surface area contributed by atoms with Gasteiger partial charge in [0.25, 0.3) is 0 Å². The molecule has 0 aromatic carbocycles. The summed E-state index contributed by atoms with van der Waals surface area (Å²) in [6, 6.07) is 0. The fraction of sp³-hybridized carbons (Fsp3) is 0.800. The Labute approximate surface area is 62.8 Å². The summed E-state index contributed by atoms with van der Waals surface area (Å²) in [7, 11) is 0. The van der Waals surface area contributed by atoms with E-state index in [0.29, 0.717) is 0 Å². The van der Waals surface area contributed by atoms with Crippen molar-refractivity contribution in [1.82, 2.24) is 5.32 Å². The van der Waals surface area contributed by atoms with Crippen LogP contribution in [0.25, 0.3) is 0 Å². The van der Waals surface area contributed by atoms with E-state index in [1.54, 1.807) is 0 Å². The number of nitrogens with zero attached hydrogens (tertiary/aromatic N) is 1. The predicted molar refractivity (Wildman–Crippen MR) is 35.7 cm³/mol. The zero-order chi connectivity index (χ0) is 8.54. The molecule has 0 radical (unpaired) electrons. The van der Waals surface area contributed by atoms with Gasteiger partial charge in [0.1, 0.15) is 0 Å². The molecule has 6 nitrogen and oxygen atoms in total. The van der Waals surface area contributed by atoms with Gasteiger partial charge < -0.3 is 25.7 Å². The minimum Gasteiger partial charge on any atom is -0.391 e. The van der Waals surface area contributed by atoms with Crippen molar-refractivity contribution in [2.24, 2.45) is 4.99 Å². The quantitative estimate of drug-likeness (QED) is 0.297. The maximum Gasteiger partial charge on any atom is 0.231 e. The molecule has 0 spiro atoms. The van der Waals surface area contributed by atoms with Gasteiger partial charge in [-0.2, -0.15) is 0 Å². The van der Waals surface area contributed by atoms with Crippen LogP contribution in [0.2, 0.25) is 0 Å². The van der Waals surface area contributed by atoms with Crippen molar-refractivity contribution in [3.8, 4) is 0 Å². The van der Waals surface area contributed by atoms with Gasteiger partial charge in [-0.05, 0) is 0 Å². The largest absolute Gasteiger partial charge is 0.391 e. The number of nitrogens with one attached hydrogen (secondary N) is 1. The van der Waals surface area contributed by atoms with Crippen LogP contribution < -0.4 is 5.32 Å². The molecule has 64 valence electrons. The zero-order valence-electron chi connectivity index (χ0n) is 5.73. The predicted octanol–water partition coefficient (Wildman–Crippen LogP) is -3.02. The normalized spacial score (nSPS) is 42.5.